The van der Waals surface area contributed by atoms with Crippen LogP contribution in [0, 0.1) is 6.92 Å². The molecule has 2 heterocycles. The molecule has 0 amide bonds. The van der Waals surface area contributed by atoms with Crippen molar-refractivity contribution in [3.05, 3.63) is 47.4 Å². The van der Waals surface area contributed by atoms with Crippen molar-refractivity contribution in [3.63, 3.8) is 0 Å². The molecule has 0 aliphatic carbocycles. The van der Waals surface area contributed by atoms with Gasteiger partial charge in [0.2, 0.25) is 0 Å². The van der Waals surface area contributed by atoms with Crippen LogP contribution in [0.15, 0.2) is 34.6 Å². The molecule has 4 heteroatoms. The molecule has 0 unspecified atom stereocenters. The number of nitrogens with zero attached hydrogens (tertiary/aromatic N) is 3. The van der Waals surface area contributed by atoms with E-state index in [4.69, 9.17) is 4.52 Å². The van der Waals surface area contributed by atoms with Crippen molar-refractivity contribution in [2.45, 2.75) is 53.0 Å². The minimum atomic E-state index is 0.439. The molecule has 0 spiro atoms. The zero-order valence-corrected chi connectivity index (χ0v) is 12.8. The summed E-state index contributed by atoms with van der Waals surface area (Å²) >= 11 is 0. The van der Waals surface area contributed by atoms with Crippen molar-refractivity contribution in [2.24, 2.45) is 0 Å². The van der Waals surface area contributed by atoms with Crippen molar-refractivity contribution in [1.29, 1.82) is 0 Å². The van der Waals surface area contributed by atoms with E-state index in [0.717, 1.165) is 36.7 Å². The largest absolute Gasteiger partial charge is 0.361 e. The first-order valence-electron chi connectivity index (χ1n) is 7.13. The van der Waals surface area contributed by atoms with Crippen LogP contribution < -0.4 is 0 Å². The van der Waals surface area contributed by atoms with Crippen LogP contribution in [-0.4, -0.2) is 14.7 Å². The molecule has 1 atom stereocenters. The molecule has 0 saturated heterocycles. The number of hydrogen-bond donors (Lipinski definition) is 0. The van der Waals surface area contributed by atoms with Gasteiger partial charge in [-0.15, -0.1) is 0 Å². The average Bonchev–Trinajstić information content (AvgIpc) is 2.98. The molecule has 0 saturated carbocycles. The lowest BCUT2D eigenvalue weighted by atomic mass is 10.0. The maximum atomic E-state index is 5.11. The molecule has 0 aromatic carbocycles. The van der Waals surface area contributed by atoms with Gasteiger partial charge < -0.3 is 9.09 Å². The highest BCUT2D eigenvalue weighted by molar-refractivity contribution is 5.08. The van der Waals surface area contributed by atoms with E-state index < -0.39 is 0 Å². The van der Waals surface area contributed by atoms with Gasteiger partial charge in [-0.2, -0.15) is 0 Å². The SMILES string of the molecule is CC(C)=CCC[C@@H](C)c1nccn1Cc1cc(C)on1. The molecule has 0 N–H and O–H groups in total. The second-order valence-corrected chi connectivity index (χ2v) is 5.60. The van der Waals surface area contributed by atoms with E-state index in [9.17, 15) is 0 Å². The number of hydrogen-bond acceptors (Lipinski definition) is 3. The van der Waals surface area contributed by atoms with Gasteiger partial charge in [-0.1, -0.05) is 23.7 Å². The lowest BCUT2D eigenvalue weighted by Crippen LogP contribution is -2.08. The second kappa shape index (κ2) is 6.55. The van der Waals surface area contributed by atoms with Gasteiger partial charge in [0, 0.05) is 24.4 Å². The van der Waals surface area contributed by atoms with E-state index in [1.807, 2.05) is 25.4 Å². The van der Waals surface area contributed by atoms with Crippen LogP contribution in [-0.2, 0) is 6.54 Å². The van der Waals surface area contributed by atoms with E-state index in [0.29, 0.717) is 5.92 Å². The van der Waals surface area contributed by atoms with E-state index in [1.165, 1.54) is 5.57 Å². The molecule has 2 aromatic rings. The molecule has 4 nitrogen and oxygen atoms in total. The first-order chi connectivity index (χ1) is 9.56. The maximum absolute atomic E-state index is 5.11. The fraction of sp³-hybridized carbons (Fsp3) is 0.500. The average molecular weight is 273 g/mol. The Morgan fingerprint density at radius 1 is 1.45 bits per heavy atom. The number of rotatable bonds is 6. The number of aromatic nitrogens is 3. The molecule has 0 aliphatic heterocycles. The van der Waals surface area contributed by atoms with Crippen LogP contribution in [0.25, 0.3) is 0 Å². The molecule has 0 radical (unpaired) electrons. The quantitative estimate of drug-likeness (QED) is 0.745. The summed E-state index contributed by atoms with van der Waals surface area (Å²) in [4.78, 5) is 4.50. The third-order valence-corrected chi connectivity index (χ3v) is 3.35. The second-order valence-electron chi connectivity index (χ2n) is 5.60. The minimum Gasteiger partial charge on any atom is -0.361 e. The molecule has 108 valence electrons. The fourth-order valence-electron chi connectivity index (χ4n) is 2.30. The number of imidazole rings is 1. The standard InChI is InChI=1S/C16H23N3O/c1-12(2)6-5-7-13(3)16-17-8-9-19(16)11-15-10-14(4)20-18-15/h6,8-10,13H,5,7,11H2,1-4H3/t13-/m1/s1. The summed E-state index contributed by atoms with van der Waals surface area (Å²) < 4.78 is 7.27. The van der Waals surface area contributed by atoms with Crippen LogP contribution in [0.4, 0.5) is 0 Å². The first kappa shape index (κ1) is 14.6. The molecule has 2 aromatic heterocycles. The Hall–Kier alpha value is -1.84. The van der Waals surface area contributed by atoms with Gasteiger partial charge in [-0.3, -0.25) is 0 Å². The highest BCUT2D eigenvalue weighted by Gasteiger charge is 2.12. The van der Waals surface area contributed by atoms with Gasteiger partial charge in [-0.25, -0.2) is 4.98 Å². The molecule has 20 heavy (non-hydrogen) atoms. The molecule has 0 bridgehead atoms. The Bertz CT molecular complexity index is 576. The van der Waals surface area contributed by atoms with Gasteiger partial charge in [0.25, 0.3) is 0 Å². The van der Waals surface area contributed by atoms with E-state index in [2.05, 4.69) is 41.6 Å². The van der Waals surface area contributed by atoms with E-state index in [-0.39, 0.29) is 0 Å². The van der Waals surface area contributed by atoms with Crippen LogP contribution in [0.1, 0.15) is 56.8 Å². The molecule has 0 fully saturated rings. The zero-order chi connectivity index (χ0) is 14.5. The smallest absolute Gasteiger partial charge is 0.133 e. The summed E-state index contributed by atoms with van der Waals surface area (Å²) in [5.74, 6) is 2.40. The highest BCUT2D eigenvalue weighted by Crippen LogP contribution is 2.20. The lowest BCUT2D eigenvalue weighted by molar-refractivity contribution is 0.388. The third kappa shape index (κ3) is 3.83. The summed E-state index contributed by atoms with van der Waals surface area (Å²) in [6, 6.07) is 1.97. The van der Waals surface area contributed by atoms with Crippen molar-refractivity contribution in [3.8, 4) is 0 Å². The van der Waals surface area contributed by atoms with Crippen LogP contribution >= 0.6 is 0 Å². The van der Waals surface area contributed by atoms with E-state index >= 15 is 0 Å². The zero-order valence-electron chi connectivity index (χ0n) is 12.8. The van der Waals surface area contributed by atoms with Crippen molar-refractivity contribution < 1.29 is 4.52 Å². The molecular formula is C16H23N3O. The summed E-state index contributed by atoms with van der Waals surface area (Å²) in [6.45, 7) is 9.13. The van der Waals surface area contributed by atoms with Crippen LogP contribution in [0.3, 0.4) is 0 Å². The maximum Gasteiger partial charge on any atom is 0.133 e. The highest BCUT2D eigenvalue weighted by atomic mass is 16.5. The third-order valence-electron chi connectivity index (χ3n) is 3.35. The summed E-state index contributed by atoms with van der Waals surface area (Å²) in [5, 5.41) is 4.04. The van der Waals surface area contributed by atoms with E-state index in [1.54, 1.807) is 0 Å². The summed E-state index contributed by atoms with van der Waals surface area (Å²) in [6.07, 6.45) is 8.36. The van der Waals surface area contributed by atoms with Crippen molar-refractivity contribution in [1.82, 2.24) is 14.7 Å². The Balaban J connectivity index is 2.02. The minimum absolute atomic E-state index is 0.439. The molecule has 0 aliphatic rings. The van der Waals surface area contributed by atoms with Gasteiger partial charge in [-0.05, 0) is 33.6 Å². The number of aryl methyl sites for hydroxylation is 1. The van der Waals surface area contributed by atoms with Crippen molar-refractivity contribution >= 4 is 0 Å². The predicted molar refractivity (Wildman–Crippen MR) is 79.6 cm³/mol. The van der Waals surface area contributed by atoms with Gasteiger partial charge in [0.15, 0.2) is 0 Å². The topological polar surface area (TPSA) is 43.9 Å². The summed E-state index contributed by atoms with van der Waals surface area (Å²) in [5.41, 5.74) is 2.32. The first-order valence-corrected chi connectivity index (χ1v) is 7.13. The molecular weight excluding hydrogens is 250 g/mol. The van der Waals surface area contributed by atoms with Crippen LogP contribution in [0.2, 0.25) is 0 Å². The Kier molecular flexibility index (Phi) is 4.77. The lowest BCUT2D eigenvalue weighted by Gasteiger charge is -2.12. The summed E-state index contributed by atoms with van der Waals surface area (Å²) in [7, 11) is 0. The molecule has 2 rings (SSSR count). The fourth-order valence-corrected chi connectivity index (χ4v) is 2.30. The van der Waals surface area contributed by atoms with Gasteiger partial charge in [0.1, 0.15) is 17.3 Å². The van der Waals surface area contributed by atoms with Gasteiger partial charge in [0.05, 0.1) is 6.54 Å². The Labute approximate surface area is 120 Å². The number of allylic oxidation sites excluding steroid dienone is 2. The normalized spacial score (nSPS) is 12.4. The monoisotopic (exact) mass is 273 g/mol. The predicted octanol–water partition coefficient (Wildman–Crippen LogP) is 4.08. The Morgan fingerprint density at radius 3 is 2.90 bits per heavy atom. The van der Waals surface area contributed by atoms with Gasteiger partial charge >= 0.3 is 0 Å². The Morgan fingerprint density at radius 2 is 2.25 bits per heavy atom. The van der Waals surface area contributed by atoms with Crippen molar-refractivity contribution in [2.75, 3.05) is 0 Å². The van der Waals surface area contributed by atoms with Crippen LogP contribution in [0.5, 0.6) is 0 Å².